The van der Waals surface area contributed by atoms with E-state index in [1.165, 1.54) is 16.5 Å². The number of aromatic nitrogens is 2. The van der Waals surface area contributed by atoms with Crippen LogP contribution in [0.25, 0.3) is 11.7 Å². The number of carbonyl (C=O) groups is 1. The van der Waals surface area contributed by atoms with Crippen molar-refractivity contribution in [2.24, 2.45) is 0 Å². The van der Waals surface area contributed by atoms with Crippen LogP contribution in [0.4, 0.5) is 0 Å². The Hall–Kier alpha value is -3.21. The summed E-state index contributed by atoms with van der Waals surface area (Å²) in [6.07, 6.45) is 4.81. The van der Waals surface area contributed by atoms with Gasteiger partial charge in [0.05, 0.1) is 5.69 Å². The third-order valence-corrected chi connectivity index (χ3v) is 3.81. The number of hydrogen-bond donors (Lipinski definition) is 0. The number of rotatable bonds is 4. The molecular formula is C20H18N2O3. The van der Waals surface area contributed by atoms with Crippen LogP contribution in [0, 0.1) is 13.8 Å². The van der Waals surface area contributed by atoms with Crippen LogP contribution >= 0.6 is 0 Å². The van der Waals surface area contributed by atoms with Crippen molar-refractivity contribution in [1.82, 2.24) is 9.38 Å². The Morgan fingerprint density at radius 1 is 1.20 bits per heavy atom. The molecule has 1 aromatic carbocycles. The zero-order valence-corrected chi connectivity index (χ0v) is 14.1. The van der Waals surface area contributed by atoms with Crippen LogP contribution < -0.4 is 5.56 Å². The first-order valence-electron chi connectivity index (χ1n) is 7.92. The van der Waals surface area contributed by atoms with Crippen LogP contribution in [0.15, 0.2) is 59.5 Å². The summed E-state index contributed by atoms with van der Waals surface area (Å²) in [5.74, 6) is -0.478. The Balaban J connectivity index is 1.70. The molecule has 0 radical (unpaired) electrons. The number of esters is 1. The van der Waals surface area contributed by atoms with Crippen LogP contribution in [0.1, 0.15) is 22.4 Å². The first-order valence-corrected chi connectivity index (χ1v) is 7.92. The predicted octanol–water partition coefficient (Wildman–Crippen LogP) is 3.07. The highest BCUT2D eigenvalue weighted by molar-refractivity contribution is 5.87. The SMILES string of the molecule is Cc1ccc2nc(COC(=O)/C=C/c3ccccc3C)cc(=O)n2c1. The summed E-state index contributed by atoms with van der Waals surface area (Å²) in [6, 6.07) is 12.8. The minimum atomic E-state index is -0.478. The monoisotopic (exact) mass is 334 g/mol. The van der Waals surface area contributed by atoms with Crippen molar-refractivity contribution in [3.63, 3.8) is 0 Å². The Bertz CT molecular complexity index is 1020. The van der Waals surface area contributed by atoms with Crippen LogP contribution in [-0.2, 0) is 16.1 Å². The fraction of sp³-hybridized carbons (Fsp3) is 0.150. The quantitative estimate of drug-likeness (QED) is 0.543. The molecule has 25 heavy (non-hydrogen) atoms. The molecule has 0 spiro atoms. The lowest BCUT2D eigenvalue weighted by Crippen LogP contribution is -2.16. The van der Waals surface area contributed by atoms with E-state index in [4.69, 9.17) is 4.74 Å². The van der Waals surface area contributed by atoms with Crippen LogP contribution in [0.5, 0.6) is 0 Å². The van der Waals surface area contributed by atoms with Crippen molar-refractivity contribution in [1.29, 1.82) is 0 Å². The van der Waals surface area contributed by atoms with E-state index in [-0.39, 0.29) is 12.2 Å². The van der Waals surface area contributed by atoms with Gasteiger partial charge in [-0.25, -0.2) is 9.78 Å². The number of nitrogens with zero attached hydrogens (tertiary/aromatic N) is 2. The van der Waals surface area contributed by atoms with Gasteiger partial charge in [0, 0.05) is 18.3 Å². The standard InChI is InChI=1S/C20H18N2O3/c1-14-7-9-18-21-17(11-19(23)22(18)12-14)13-25-20(24)10-8-16-6-4-3-5-15(16)2/h3-12H,13H2,1-2H3/b10-8+. The summed E-state index contributed by atoms with van der Waals surface area (Å²) >= 11 is 0. The zero-order valence-electron chi connectivity index (χ0n) is 14.1. The number of aryl methyl sites for hydroxylation is 2. The third kappa shape index (κ3) is 4.01. The van der Waals surface area contributed by atoms with Crippen LogP contribution in [0.3, 0.4) is 0 Å². The maximum absolute atomic E-state index is 12.1. The first kappa shape index (κ1) is 16.6. The molecule has 0 N–H and O–H groups in total. The first-order chi connectivity index (χ1) is 12.0. The fourth-order valence-corrected chi connectivity index (χ4v) is 2.46. The summed E-state index contributed by atoms with van der Waals surface area (Å²) in [5, 5.41) is 0. The fourth-order valence-electron chi connectivity index (χ4n) is 2.46. The summed E-state index contributed by atoms with van der Waals surface area (Å²) in [4.78, 5) is 28.3. The molecule has 0 aliphatic carbocycles. The predicted molar refractivity (Wildman–Crippen MR) is 96.2 cm³/mol. The van der Waals surface area contributed by atoms with Gasteiger partial charge in [-0.05, 0) is 42.7 Å². The lowest BCUT2D eigenvalue weighted by Gasteiger charge is -2.05. The van der Waals surface area contributed by atoms with Gasteiger partial charge in [0.2, 0.25) is 0 Å². The van der Waals surface area contributed by atoms with E-state index >= 15 is 0 Å². The van der Waals surface area contributed by atoms with Crippen molar-refractivity contribution in [3.8, 4) is 0 Å². The molecule has 0 unspecified atom stereocenters. The molecule has 5 nitrogen and oxygen atoms in total. The number of carbonyl (C=O) groups excluding carboxylic acids is 1. The van der Waals surface area contributed by atoms with Crippen LogP contribution in [0.2, 0.25) is 0 Å². The topological polar surface area (TPSA) is 60.7 Å². The van der Waals surface area contributed by atoms with Crippen molar-refractivity contribution in [2.75, 3.05) is 0 Å². The van der Waals surface area contributed by atoms with E-state index in [9.17, 15) is 9.59 Å². The highest BCUT2D eigenvalue weighted by Gasteiger charge is 2.05. The smallest absolute Gasteiger partial charge is 0.331 e. The minimum absolute atomic E-state index is 0.0451. The van der Waals surface area contributed by atoms with Gasteiger partial charge >= 0.3 is 5.97 Å². The lowest BCUT2D eigenvalue weighted by molar-refractivity contribution is -0.139. The highest BCUT2D eigenvalue weighted by atomic mass is 16.5. The second kappa shape index (κ2) is 7.13. The van der Waals surface area contributed by atoms with E-state index in [0.29, 0.717) is 11.3 Å². The Morgan fingerprint density at radius 3 is 2.80 bits per heavy atom. The lowest BCUT2D eigenvalue weighted by atomic mass is 10.1. The Morgan fingerprint density at radius 2 is 2.00 bits per heavy atom. The molecule has 2 heterocycles. The number of hydrogen-bond acceptors (Lipinski definition) is 4. The van der Waals surface area contributed by atoms with Crippen molar-refractivity contribution in [3.05, 3.63) is 87.5 Å². The summed E-state index contributed by atoms with van der Waals surface area (Å²) in [7, 11) is 0. The Kier molecular flexibility index (Phi) is 4.75. The molecule has 0 bridgehead atoms. The molecule has 0 aliphatic rings. The van der Waals surface area contributed by atoms with Gasteiger partial charge in [-0.3, -0.25) is 9.20 Å². The molecule has 0 atom stereocenters. The van der Waals surface area contributed by atoms with Gasteiger partial charge in [0.15, 0.2) is 0 Å². The van der Waals surface area contributed by atoms with Crippen molar-refractivity contribution < 1.29 is 9.53 Å². The molecule has 0 saturated carbocycles. The van der Waals surface area contributed by atoms with Gasteiger partial charge in [0.1, 0.15) is 12.3 Å². The highest BCUT2D eigenvalue weighted by Crippen LogP contribution is 2.09. The molecule has 5 heteroatoms. The van der Waals surface area contributed by atoms with Gasteiger partial charge in [-0.15, -0.1) is 0 Å². The van der Waals surface area contributed by atoms with Crippen molar-refractivity contribution in [2.45, 2.75) is 20.5 Å². The number of fused-ring (bicyclic) bond motifs is 1. The van der Waals surface area contributed by atoms with Gasteiger partial charge < -0.3 is 4.74 Å². The van der Waals surface area contributed by atoms with E-state index in [2.05, 4.69) is 4.98 Å². The third-order valence-electron chi connectivity index (χ3n) is 3.81. The second-order valence-corrected chi connectivity index (χ2v) is 5.82. The summed E-state index contributed by atoms with van der Waals surface area (Å²) < 4.78 is 6.65. The summed E-state index contributed by atoms with van der Waals surface area (Å²) in [6.45, 7) is 3.83. The maximum atomic E-state index is 12.1. The molecule has 2 aromatic heterocycles. The molecule has 0 fully saturated rings. The number of benzene rings is 1. The zero-order chi connectivity index (χ0) is 17.8. The average molecular weight is 334 g/mol. The van der Waals surface area contributed by atoms with Gasteiger partial charge in [0.25, 0.3) is 5.56 Å². The van der Waals surface area contributed by atoms with Crippen LogP contribution in [-0.4, -0.2) is 15.4 Å². The average Bonchev–Trinajstić information content (AvgIpc) is 2.60. The molecule has 0 saturated heterocycles. The molecule has 3 rings (SSSR count). The Labute approximate surface area is 145 Å². The van der Waals surface area contributed by atoms with Gasteiger partial charge in [-0.2, -0.15) is 0 Å². The number of pyridine rings is 1. The molecule has 3 aromatic rings. The molecular weight excluding hydrogens is 316 g/mol. The van der Waals surface area contributed by atoms with E-state index in [0.717, 1.165) is 16.7 Å². The largest absolute Gasteiger partial charge is 0.456 e. The summed E-state index contributed by atoms with van der Waals surface area (Å²) in [5.41, 5.74) is 3.75. The normalized spacial score (nSPS) is 11.1. The van der Waals surface area contributed by atoms with E-state index in [1.807, 2.05) is 44.2 Å². The maximum Gasteiger partial charge on any atom is 0.331 e. The van der Waals surface area contributed by atoms with E-state index in [1.54, 1.807) is 18.3 Å². The number of ether oxygens (including phenoxy) is 1. The van der Waals surface area contributed by atoms with Gasteiger partial charge in [-0.1, -0.05) is 30.3 Å². The molecule has 0 amide bonds. The van der Waals surface area contributed by atoms with Crippen molar-refractivity contribution >= 4 is 17.7 Å². The molecule has 0 aliphatic heterocycles. The molecule has 126 valence electrons. The van der Waals surface area contributed by atoms with E-state index < -0.39 is 5.97 Å². The second-order valence-electron chi connectivity index (χ2n) is 5.82. The minimum Gasteiger partial charge on any atom is -0.456 e.